The summed E-state index contributed by atoms with van der Waals surface area (Å²) >= 11 is 1.39. The number of nitrogens with one attached hydrogen (secondary N) is 2. The van der Waals surface area contributed by atoms with Crippen LogP contribution < -0.4 is 15.8 Å². The molecule has 200 valence electrons. The summed E-state index contributed by atoms with van der Waals surface area (Å²) in [4.78, 5) is 30.6. The van der Waals surface area contributed by atoms with Crippen LogP contribution >= 0.6 is 11.3 Å². The van der Waals surface area contributed by atoms with Gasteiger partial charge in [-0.05, 0) is 37.1 Å². The molecule has 1 aromatic carbocycles. The highest BCUT2D eigenvalue weighted by atomic mass is 32.2. The quantitative estimate of drug-likeness (QED) is 0.305. The van der Waals surface area contributed by atoms with Gasteiger partial charge in [0.15, 0.2) is 5.13 Å². The minimum Gasteiger partial charge on any atom is -0.468 e. The van der Waals surface area contributed by atoms with E-state index in [1.54, 1.807) is 25.3 Å². The third-order valence-electron chi connectivity index (χ3n) is 6.66. The molecule has 10 nitrogen and oxygen atoms in total. The molecule has 3 unspecified atom stereocenters. The molecule has 12 heteroatoms. The van der Waals surface area contributed by atoms with E-state index in [2.05, 4.69) is 15.6 Å². The van der Waals surface area contributed by atoms with Gasteiger partial charge in [-0.1, -0.05) is 36.4 Å². The van der Waals surface area contributed by atoms with E-state index in [0.717, 1.165) is 16.7 Å². The molecule has 5 rings (SSSR count). The number of anilines is 1. The number of nitrogens with zero attached hydrogens (tertiary/aromatic N) is 1. The summed E-state index contributed by atoms with van der Waals surface area (Å²) in [6.45, 7) is 3.70. The van der Waals surface area contributed by atoms with E-state index < -0.39 is 33.4 Å². The van der Waals surface area contributed by atoms with E-state index in [1.807, 2.05) is 42.6 Å². The average Bonchev–Trinajstić information content (AvgIpc) is 3.25. The van der Waals surface area contributed by atoms with Gasteiger partial charge >= 0.3 is 11.9 Å². The Morgan fingerprint density at radius 1 is 1.13 bits per heavy atom. The van der Waals surface area contributed by atoms with Crippen molar-refractivity contribution in [1.29, 1.82) is 0 Å². The van der Waals surface area contributed by atoms with Crippen LogP contribution in [0.25, 0.3) is 11.1 Å². The number of carbonyl (C=O) groups is 2. The highest BCUT2D eigenvalue weighted by Gasteiger charge is 2.58. The number of methoxy groups -OCH3 is 2. The summed E-state index contributed by atoms with van der Waals surface area (Å²) in [5.74, 6) is -0.975. The molecule has 2 aliphatic carbocycles. The third kappa shape index (κ3) is 4.89. The lowest BCUT2D eigenvalue weighted by Crippen LogP contribution is -2.65. The topological polar surface area (TPSA) is 150 Å². The van der Waals surface area contributed by atoms with Gasteiger partial charge < -0.3 is 20.1 Å². The van der Waals surface area contributed by atoms with Crippen molar-refractivity contribution in [3.05, 3.63) is 76.9 Å². The molecule has 0 radical (unpaired) electrons. The Hall–Kier alpha value is -3.74. The van der Waals surface area contributed by atoms with E-state index in [-0.39, 0.29) is 10.9 Å². The first kappa shape index (κ1) is 27.3. The summed E-state index contributed by atoms with van der Waals surface area (Å²) in [5.41, 5.74) is 2.26. The fraction of sp³-hybridized carbons (Fsp3) is 0.269. The molecule has 3 atom stereocenters. The summed E-state index contributed by atoms with van der Waals surface area (Å²) in [7, 11) is -0.796. The second-order valence-electron chi connectivity index (χ2n) is 8.79. The van der Waals surface area contributed by atoms with Gasteiger partial charge in [-0.2, -0.15) is 0 Å². The number of fused-ring (bicyclic) bond motifs is 1. The molecule has 0 saturated carbocycles. The largest absolute Gasteiger partial charge is 0.468 e. The molecule has 2 aromatic rings. The minimum atomic E-state index is -3.47. The maximum Gasteiger partial charge on any atom is 0.337 e. The van der Waals surface area contributed by atoms with Crippen LogP contribution in [0.5, 0.6) is 0 Å². The first-order valence-corrected chi connectivity index (χ1v) is 14.0. The second-order valence-corrected chi connectivity index (χ2v) is 11.2. The second kappa shape index (κ2) is 10.6. The lowest BCUT2D eigenvalue weighted by Gasteiger charge is -2.47. The van der Waals surface area contributed by atoms with Crippen LogP contribution in [0.4, 0.5) is 5.13 Å². The molecular formula is C26H28N4O6S2. The summed E-state index contributed by atoms with van der Waals surface area (Å²) in [5, 5.41) is 13.9. The molecule has 1 aliphatic heterocycles. The van der Waals surface area contributed by atoms with Gasteiger partial charge in [-0.15, -0.1) is 11.3 Å². The Kier molecular flexibility index (Phi) is 7.58. The molecule has 1 aromatic heterocycles. The zero-order chi connectivity index (χ0) is 27.7. The number of primary sulfonamides is 1. The number of ether oxygens (including phenoxy) is 2. The van der Waals surface area contributed by atoms with Crippen molar-refractivity contribution < 1.29 is 27.5 Å². The fourth-order valence-electron chi connectivity index (χ4n) is 4.88. The SMILES string of the molecule is COC(=O)C1=C(C)NC(C)C(C(=O)OC)(c2ccccc2)C1Nc1nccs1.NS(=O)(=O)c1ccc2cc1-2. The number of rotatable bonds is 6. The summed E-state index contributed by atoms with van der Waals surface area (Å²) in [6.07, 6.45) is 1.66. The number of allylic oxidation sites excluding steroid dienone is 1. The van der Waals surface area contributed by atoms with Gasteiger partial charge in [-0.3, -0.25) is 4.79 Å². The number of benzene rings is 2. The minimum absolute atomic E-state index is 0.252. The smallest absolute Gasteiger partial charge is 0.337 e. The number of carbonyl (C=O) groups excluding carboxylic acids is 2. The maximum absolute atomic E-state index is 13.3. The number of sulfonamides is 1. The Labute approximate surface area is 224 Å². The van der Waals surface area contributed by atoms with E-state index in [4.69, 9.17) is 14.6 Å². The molecule has 2 heterocycles. The first-order chi connectivity index (χ1) is 18.0. The number of esters is 2. The van der Waals surface area contributed by atoms with Crippen LogP contribution in [-0.4, -0.2) is 51.6 Å². The van der Waals surface area contributed by atoms with Crippen molar-refractivity contribution in [2.45, 2.75) is 36.2 Å². The summed E-state index contributed by atoms with van der Waals surface area (Å²) < 4.78 is 31.7. The van der Waals surface area contributed by atoms with Crippen molar-refractivity contribution in [3.63, 3.8) is 0 Å². The molecular weight excluding hydrogens is 528 g/mol. The molecule has 0 saturated heterocycles. The van der Waals surface area contributed by atoms with Gasteiger partial charge in [0.2, 0.25) is 10.0 Å². The molecule has 0 amide bonds. The van der Waals surface area contributed by atoms with Crippen LogP contribution in [0.15, 0.2) is 76.3 Å². The molecule has 38 heavy (non-hydrogen) atoms. The number of aromatic nitrogens is 1. The van der Waals surface area contributed by atoms with Gasteiger partial charge in [-0.25, -0.2) is 23.3 Å². The summed E-state index contributed by atoms with van der Waals surface area (Å²) in [6, 6.07) is 13.3. The van der Waals surface area contributed by atoms with Crippen molar-refractivity contribution in [3.8, 4) is 11.1 Å². The predicted molar refractivity (Wildman–Crippen MR) is 144 cm³/mol. The van der Waals surface area contributed by atoms with Crippen LogP contribution in [0.3, 0.4) is 0 Å². The normalized spacial score (nSPS) is 21.4. The van der Waals surface area contributed by atoms with Gasteiger partial charge in [0.05, 0.1) is 30.7 Å². The van der Waals surface area contributed by atoms with Crippen LogP contribution in [0, 0.1) is 0 Å². The molecule has 0 fully saturated rings. The third-order valence-corrected chi connectivity index (χ3v) is 8.33. The standard InChI is InChI=1S/C20H23N3O4S.C6H5NO2S/c1-12-15(17(24)26-3)16(23-19-21-10-11-28-19)20(13(2)22-12,18(25)27-4)14-8-6-5-7-9-14;7-10(8,9)6-2-1-4-3-5(4)6/h5-11,13,16,22H,1-4H3,(H,21,23);1-3H,(H2,7,8,9). The molecule has 4 N–H and O–H groups in total. The van der Waals surface area contributed by atoms with Crippen molar-refractivity contribution in [2.75, 3.05) is 19.5 Å². The number of nitrogens with two attached hydrogens (primary N) is 1. The average molecular weight is 557 g/mol. The lowest BCUT2D eigenvalue weighted by atomic mass is 9.64. The van der Waals surface area contributed by atoms with E-state index in [9.17, 15) is 18.0 Å². The number of thiazole rings is 1. The van der Waals surface area contributed by atoms with E-state index >= 15 is 0 Å². The lowest BCUT2D eigenvalue weighted by molar-refractivity contribution is -0.149. The van der Waals surface area contributed by atoms with Crippen LogP contribution in [0.1, 0.15) is 19.4 Å². The first-order valence-electron chi connectivity index (χ1n) is 11.6. The highest BCUT2D eigenvalue weighted by molar-refractivity contribution is 7.89. The zero-order valence-corrected chi connectivity index (χ0v) is 22.9. The van der Waals surface area contributed by atoms with E-state index in [1.165, 1.54) is 31.6 Å². The van der Waals surface area contributed by atoms with Gasteiger partial charge in [0.25, 0.3) is 0 Å². The molecule has 3 aliphatic rings. The van der Waals surface area contributed by atoms with Gasteiger partial charge in [0.1, 0.15) is 5.41 Å². The van der Waals surface area contributed by atoms with Crippen molar-refractivity contribution in [2.24, 2.45) is 5.14 Å². The monoisotopic (exact) mass is 556 g/mol. The molecule has 0 bridgehead atoms. The number of hydrogen-bond acceptors (Lipinski definition) is 10. The highest BCUT2D eigenvalue weighted by Crippen LogP contribution is 2.43. The van der Waals surface area contributed by atoms with Crippen LogP contribution in [0.2, 0.25) is 0 Å². The predicted octanol–water partition coefficient (Wildman–Crippen LogP) is 2.79. The van der Waals surface area contributed by atoms with Crippen molar-refractivity contribution >= 4 is 38.4 Å². The number of hydrogen-bond donors (Lipinski definition) is 3. The Bertz CT molecular complexity index is 1490. The van der Waals surface area contributed by atoms with Gasteiger partial charge in [0, 0.05) is 28.9 Å². The molecule has 0 spiro atoms. The Balaban J connectivity index is 0.000000278. The van der Waals surface area contributed by atoms with Crippen molar-refractivity contribution in [1.82, 2.24) is 10.3 Å². The van der Waals surface area contributed by atoms with E-state index in [0.29, 0.717) is 16.4 Å². The zero-order valence-electron chi connectivity index (χ0n) is 21.2. The Morgan fingerprint density at radius 2 is 1.84 bits per heavy atom. The van der Waals surface area contributed by atoms with Crippen LogP contribution in [-0.2, 0) is 34.5 Å². The Morgan fingerprint density at radius 3 is 2.32 bits per heavy atom. The maximum atomic E-state index is 13.3. The fourth-order valence-corrected chi connectivity index (χ4v) is 6.18.